The van der Waals surface area contributed by atoms with Gasteiger partial charge in [0, 0.05) is 10.2 Å². The van der Waals surface area contributed by atoms with Crippen molar-refractivity contribution < 1.29 is 9.59 Å². The van der Waals surface area contributed by atoms with Gasteiger partial charge in [-0.3, -0.25) is 9.59 Å². The van der Waals surface area contributed by atoms with Crippen LogP contribution in [0, 0.1) is 20.8 Å². The molecule has 2 amide bonds. The molecule has 2 aromatic carbocycles. The van der Waals surface area contributed by atoms with E-state index in [2.05, 4.69) is 26.6 Å². The second-order valence-electron chi connectivity index (χ2n) is 5.31. The van der Waals surface area contributed by atoms with E-state index in [9.17, 15) is 9.59 Å². The molecule has 2 rings (SSSR count). The molecule has 0 aromatic heterocycles. The molecule has 23 heavy (non-hydrogen) atoms. The van der Waals surface area contributed by atoms with Gasteiger partial charge in [-0.25, -0.2) is 0 Å². The Morgan fingerprint density at radius 3 is 2.22 bits per heavy atom. The summed E-state index contributed by atoms with van der Waals surface area (Å²) in [7, 11) is 0. The van der Waals surface area contributed by atoms with Crippen molar-refractivity contribution >= 4 is 50.7 Å². The van der Waals surface area contributed by atoms with Gasteiger partial charge in [-0.1, -0.05) is 33.6 Å². The maximum absolute atomic E-state index is 12.1. The monoisotopic (exact) mass is 394 g/mol. The van der Waals surface area contributed by atoms with Crippen LogP contribution in [0.1, 0.15) is 16.7 Å². The highest BCUT2D eigenvalue weighted by molar-refractivity contribution is 9.10. The molecule has 2 aromatic rings. The van der Waals surface area contributed by atoms with Crippen molar-refractivity contribution in [2.24, 2.45) is 0 Å². The smallest absolute Gasteiger partial charge is 0.314 e. The maximum atomic E-state index is 12.1. The second-order valence-corrected chi connectivity index (χ2v) is 6.63. The molecular weight excluding hydrogens is 380 g/mol. The predicted octanol–water partition coefficient (Wildman–Crippen LogP) is 4.60. The molecule has 0 saturated carbocycles. The van der Waals surface area contributed by atoms with Crippen LogP contribution in [0.15, 0.2) is 34.8 Å². The molecule has 2 N–H and O–H groups in total. The summed E-state index contributed by atoms with van der Waals surface area (Å²) in [5, 5.41) is 5.56. The summed E-state index contributed by atoms with van der Waals surface area (Å²) >= 11 is 9.49. The fraction of sp³-hybridized carbons (Fsp3) is 0.176. The third kappa shape index (κ3) is 4.33. The Labute approximate surface area is 148 Å². The van der Waals surface area contributed by atoms with E-state index in [-0.39, 0.29) is 0 Å². The molecule has 0 spiro atoms. The fourth-order valence-corrected chi connectivity index (χ4v) is 3.03. The number of hydrogen-bond acceptors (Lipinski definition) is 2. The summed E-state index contributed by atoms with van der Waals surface area (Å²) in [5.41, 5.74) is 3.67. The quantitative estimate of drug-likeness (QED) is 0.730. The number of nitrogens with one attached hydrogen (secondary N) is 2. The van der Waals surface area contributed by atoms with Crippen molar-refractivity contribution in [3.05, 3.63) is 56.5 Å². The van der Waals surface area contributed by atoms with Crippen LogP contribution in [0.25, 0.3) is 0 Å². The van der Waals surface area contributed by atoms with Gasteiger partial charge < -0.3 is 10.6 Å². The zero-order valence-corrected chi connectivity index (χ0v) is 15.3. The summed E-state index contributed by atoms with van der Waals surface area (Å²) in [6.07, 6.45) is 0. The molecule has 0 bridgehead atoms. The van der Waals surface area contributed by atoms with Crippen LogP contribution in [-0.4, -0.2) is 11.8 Å². The largest absolute Gasteiger partial charge is 0.318 e. The summed E-state index contributed by atoms with van der Waals surface area (Å²) < 4.78 is 0.902. The van der Waals surface area contributed by atoms with E-state index in [4.69, 9.17) is 11.6 Å². The first-order valence-electron chi connectivity index (χ1n) is 6.93. The van der Waals surface area contributed by atoms with Crippen LogP contribution >= 0.6 is 27.5 Å². The van der Waals surface area contributed by atoms with Crippen molar-refractivity contribution in [1.29, 1.82) is 0 Å². The SMILES string of the molecule is Cc1cc(C)c(NC(=O)C(=O)Nc2ccc(Br)cc2C)c(Cl)c1. The Hall–Kier alpha value is -1.85. The van der Waals surface area contributed by atoms with Gasteiger partial charge in [-0.15, -0.1) is 0 Å². The highest BCUT2D eigenvalue weighted by Crippen LogP contribution is 2.27. The number of carbonyl (C=O) groups excluding carboxylic acids is 2. The number of anilines is 2. The lowest BCUT2D eigenvalue weighted by atomic mass is 10.1. The van der Waals surface area contributed by atoms with Gasteiger partial charge in [0.15, 0.2) is 0 Å². The van der Waals surface area contributed by atoms with E-state index in [0.29, 0.717) is 16.4 Å². The van der Waals surface area contributed by atoms with E-state index in [0.717, 1.165) is 21.2 Å². The van der Waals surface area contributed by atoms with E-state index in [1.807, 2.05) is 32.9 Å². The lowest BCUT2D eigenvalue weighted by molar-refractivity contribution is -0.133. The molecule has 0 aliphatic carbocycles. The average molecular weight is 396 g/mol. The Morgan fingerprint density at radius 2 is 1.61 bits per heavy atom. The van der Waals surface area contributed by atoms with Crippen LogP contribution in [-0.2, 0) is 9.59 Å². The highest BCUT2D eigenvalue weighted by atomic mass is 79.9. The van der Waals surface area contributed by atoms with Gasteiger partial charge in [0.1, 0.15) is 0 Å². The molecule has 0 radical (unpaired) electrons. The Balaban J connectivity index is 2.13. The third-order valence-electron chi connectivity index (χ3n) is 3.31. The maximum Gasteiger partial charge on any atom is 0.314 e. The van der Waals surface area contributed by atoms with Crippen LogP contribution in [0.2, 0.25) is 5.02 Å². The number of carbonyl (C=O) groups is 2. The van der Waals surface area contributed by atoms with E-state index in [1.54, 1.807) is 18.2 Å². The molecule has 0 atom stereocenters. The Morgan fingerprint density at radius 1 is 0.957 bits per heavy atom. The molecule has 0 saturated heterocycles. The van der Waals surface area contributed by atoms with Crippen LogP contribution < -0.4 is 10.6 Å². The molecule has 0 unspecified atom stereocenters. The molecule has 0 aliphatic rings. The van der Waals surface area contributed by atoms with Crippen LogP contribution in [0.4, 0.5) is 11.4 Å². The number of rotatable bonds is 2. The summed E-state index contributed by atoms with van der Waals surface area (Å²) in [6.45, 7) is 5.58. The predicted molar refractivity (Wildman–Crippen MR) is 97.1 cm³/mol. The lowest BCUT2D eigenvalue weighted by Crippen LogP contribution is -2.29. The first-order chi connectivity index (χ1) is 10.8. The number of aryl methyl sites for hydroxylation is 3. The normalized spacial score (nSPS) is 10.3. The van der Waals surface area contributed by atoms with Gasteiger partial charge in [0.05, 0.1) is 10.7 Å². The van der Waals surface area contributed by atoms with Crippen LogP contribution in [0.3, 0.4) is 0 Å². The van der Waals surface area contributed by atoms with Gasteiger partial charge in [-0.2, -0.15) is 0 Å². The topological polar surface area (TPSA) is 58.2 Å². The van der Waals surface area contributed by atoms with Crippen molar-refractivity contribution in [3.63, 3.8) is 0 Å². The van der Waals surface area contributed by atoms with Crippen molar-refractivity contribution in [2.45, 2.75) is 20.8 Å². The third-order valence-corrected chi connectivity index (χ3v) is 4.10. The van der Waals surface area contributed by atoms with Gasteiger partial charge in [0.2, 0.25) is 0 Å². The fourth-order valence-electron chi connectivity index (χ4n) is 2.19. The molecule has 120 valence electrons. The number of benzene rings is 2. The summed E-state index contributed by atoms with van der Waals surface area (Å²) in [5.74, 6) is -1.51. The number of halogens is 2. The Bertz CT molecular complexity index is 767. The molecule has 0 aliphatic heterocycles. The van der Waals surface area contributed by atoms with Gasteiger partial charge in [0.25, 0.3) is 0 Å². The van der Waals surface area contributed by atoms with Crippen molar-refractivity contribution in [3.8, 4) is 0 Å². The second kappa shape index (κ2) is 7.15. The van der Waals surface area contributed by atoms with Gasteiger partial charge >= 0.3 is 11.8 Å². The minimum absolute atomic E-state index is 0.406. The standard InChI is InChI=1S/C17H16BrClN2O2/c1-9-6-11(3)15(13(19)7-9)21-17(23)16(22)20-14-5-4-12(18)8-10(14)2/h4-8H,1-3H3,(H,20,22)(H,21,23). The van der Waals surface area contributed by atoms with Crippen molar-refractivity contribution in [2.75, 3.05) is 10.6 Å². The summed E-state index contributed by atoms with van der Waals surface area (Å²) in [4.78, 5) is 24.2. The van der Waals surface area contributed by atoms with Crippen molar-refractivity contribution in [1.82, 2.24) is 0 Å². The van der Waals surface area contributed by atoms with E-state index >= 15 is 0 Å². The molecular formula is C17H16BrClN2O2. The minimum atomic E-state index is -0.763. The first kappa shape index (κ1) is 17.5. The molecule has 6 heteroatoms. The zero-order valence-electron chi connectivity index (χ0n) is 13.0. The van der Waals surface area contributed by atoms with Gasteiger partial charge in [-0.05, 0) is 61.7 Å². The summed E-state index contributed by atoms with van der Waals surface area (Å²) in [6, 6.07) is 9.00. The Kier molecular flexibility index (Phi) is 5.44. The first-order valence-corrected chi connectivity index (χ1v) is 8.10. The minimum Gasteiger partial charge on any atom is -0.318 e. The lowest BCUT2D eigenvalue weighted by Gasteiger charge is -2.12. The number of amides is 2. The van der Waals surface area contributed by atoms with E-state index in [1.165, 1.54) is 0 Å². The number of hydrogen-bond donors (Lipinski definition) is 2. The zero-order chi connectivity index (χ0) is 17.1. The molecule has 0 heterocycles. The van der Waals surface area contributed by atoms with Crippen LogP contribution in [0.5, 0.6) is 0 Å². The molecule has 4 nitrogen and oxygen atoms in total. The van der Waals surface area contributed by atoms with E-state index < -0.39 is 11.8 Å². The average Bonchev–Trinajstić information content (AvgIpc) is 2.45. The highest BCUT2D eigenvalue weighted by Gasteiger charge is 2.17. The molecule has 0 fully saturated rings.